The maximum absolute atomic E-state index is 8.87. The zero-order valence-corrected chi connectivity index (χ0v) is 11.4. The minimum Gasteiger partial charge on any atom is -0.306 e. The molecule has 0 spiro atoms. The quantitative estimate of drug-likeness (QED) is 0.760. The summed E-state index contributed by atoms with van der Waals surface area (Å²) in [6.45, 7) is 4.85. The van der Waals surface area contributed by atoms with Crippen molar-refractivity contribution in [2.24, 2.45) is 4.99 Å². The van der Waals surface area contributed by atoms with E-state index in [9.17, 15) is 0 Å². The number of hydrogen-bond donors (Lipinski definition) is 0. The zero-order valence-electron chi connectivity index (χ0n) is 11.4. The molecular formula is C15H19N3. The van der Waals surface area contributed by atoms with Crippen LogP contribution in [0.15, 0.2) is 35.3 Å². The van der Waals surface area contributed by atoms with Gasteiger partial charge in [0.1, 0.15) is 0 Å². The van der Waals surface area contributed by atoms with Gasteiger partial charge >= 0.3 is 0 Å². The van der Waals surface area contributed by atoms with Gasteiger partial charge in [0.15, 0.2) is 0 Å². The van der Waals surface area contributed by atoms with Gasteiger partial charge in [0.05, 0.1) is 17.3 Å². The highest BCUT2D eigenvalue weighted by molar-refractivity contribution is 5.94. The van der Waals surface area contributed by atoms with Crippen LogP contribution in [0.3, 0.4) is 0 Å². The average molecular weight is 241 g/mol. The Hall–Kier alpha value is -1.92. The van der Waals surface area contributed by atoms with Crippen molar-refractivity contribution in [1.82, 2.24) is 4.90 Å². The van der Waals surface area contributed by atoms with E-state index in [0.29, 0.717) is 5.56 Å². The molecule has 1 aromatic rings. The standard InChI is InChI=1S/C15H19N3/c1-12-7-8-14(11-16)10-15(12)17-13(2)6-5-9-18(3)4/h5-8,10H,9H2,1-4H3/b6-5+,17-13?. The van der Waals surface area contributed by atoms with Crippen LogP contribution in [-0.4, -0.2) is 31.3 Å². The van der Waals surface area contributed by atoms with Crippen LogP contribution < -0.4 is 0 Å². The summed E-state index contributed by atoms with van der Waals surface area (Å²) >= 11 is 0. The molecule has 3 nitrogen and oxygen atoms in total. The molecule has 0 aromatic heterocycles. The van der Waals surface area contributed by atoms with Gasteiger partial charge in [-0.2, -0.15) is 5.26 Å². The van der Waals surface area contributed by atoms with Gasteiger partial charge in [-0.15, -0.1) is 0 Å². The molecule has 0 radical (unpaired) electrons. The lowest BCUT2D eigenvalue weighted by Gasteiger charge is -2.04. The lowest BCUT2D eigenvalue weighted by Crippen LogP contribution is -2.10. The van der Waals surface area contributed by atoms with E-state index in [1.807, 2.05) is 52.2 Å². The van der Waals surface area contributed by atoms with Crippen molar-refractivity contribution >= 4 is 11.4 Å². The molecule has 0 atom stereocenters. The summed E-state index contributed by atoms with van der Waals surface area (Å²) in [5.74, 6) is 0. The fourth-order valence-electron chi connectivity index (χ4n) is 1.46. The minimum atomic E-state index is 0.643. The van der Waals surface area contributed by atoms with Gasteiger partial charge in [-0.1, -0.05) is 12.1 Å². The number of benzene rings is 1. The summed E-state index contributed by atoms with van der Waals surface area (Å²) in [7, 11) is 4.05. The monoisotopic (exact) mass is 241 g/mol. The van der Waals surface area contributed by atoms with Crippen molar-refractivity contribution in [3.05, 3.63) is 41.5 Å². The molecule has 0 unspecified atom stereocenters. The number of aryl methyl sites for hydroxylation is 1. The van der Waals surface area contributed by atoms with Crippen molar-refractivity contribution in [3.8, 4) is 6.07 Å². The Bertz CT molecular complexity index is 505. The molecule has 0 N–H and O–H groups in total. The van der Waals surface area contributed by atoms with E-state index in [-0.39, 0.29) is 0 Å². The predicted octanol–water partition coefficient (Wildman–Crippen LogP) is 3.08. The number of nitriles is 1. The Kier molecular flexibility index (Phi) is 5.29. The van der Waals surface area contributed by atoms with E-state index in [0.717, 1.165) is 23.5 Å². The first kappa shape index (κ1) is 14.1. The first-order valence-electron chi connectivity index (χ1n) is 5.90. The molecule has 0 saturated heterocycles. The molecule has 3 heteroatoms. The van der Waals surface area contributed by atoms with E-state index in [1.54, 1.807) is 0 Å². The van der Waals surface area contributed by atoms with Gasteiger partial charge in [0.25, 0.3) is 0 Å². The second-order valence-electron chi connectivity index (χ2n) is 4.53. The van der Waals surface area contributed by atoms with Gasteiger partial charge in [-0.05, 0) is 51.7 Å². The molecule has 0 aliphatic rings. The molecule has 0 aliphatic heterocycles. The number of allylic oxidation sites excluding steroid dienone is 1. The van der Waals surface area contributed by atoms with E-state index in [1.165, 1.54) is 0 Å². The maximum atomic E-state index is 8.87. The Morgan fingerprint density at radius 1 is 1.44 bits per heavy atom. The summed E-state index contributed by atoms with van der Waals surface area (Å²) in [6, 6.07) is 7.69. The van der Waals surface area contributed by atoms with Crippen molar-refractivity contribution in [2.75, 3.05) is 20.6 Å². The lowest BCUT2D eigenvalue weighted by molar-refractivity contribution is 0.456. The summed E-state index contributed by atoms with van der Waals surface area (Å²) in [5, 5.41) is 8.87. The molecule has 0 amide bonds. The first-order valence-corrected chi connectivity index (χ1v) is 5.90. The Morgan fingerprint density at radius 2 is 2.17 bits per heavy atom. The van der Waals surface area contributed by atoms with Crippen LogP contribution in [0.1, 0.15) is 18.1 Å². The zero-order chi connectivity index (χ0) is 13.5. The predicted molar refractivity (Wildman–Crippen MR) is 76.4 cm³/mol. The molecule has 1 rings (SSSR count). The van der Waals surface area contributed by atoms with Crippen LogP contribution in [0.25, 0.3) is 0 Å². The number of likely N-dealkylation sites (N-methyl/N-ethyl adjacent to an activating group) is 1. The summed E-state index contributed by atoms with van der Waals surface area (Å²) in [6.07, 6.45) is 4.07. The molecule has 0 bridgehead atoms. The van der Waals surface area contributed by atoms with Gasteiger partial charge in [0, 0.05) is 12.3 Å². The lowest BCUT2D eigenvalue weighted by atomic mass is 10.1. The molecular weight excluding hydrogens is 222 g/mol. The van der Waals surface area contributed by atoms with Crippen LogP contribution in [-0.2, 0) is 0 Å². The molecule has 0 aliphatic carbocycles. The minimum absolute atomic E-state index is 0.643. The molecule has 0 fully saturated rings. The Balaban J connectivity index is 2.88. The summed E-state index contributed by atoms with van der Waals surface area (Å²) < 4.78 is 0. The smallest absolute Gasteiger partial charge is 0.0992 e. The van der Waals surface area contributed by atoms with Crippen LogP contribution in [0.4, 0.5) is 5.69 Å². The van der Waals surface area contributed by atoms with Crippen molar-refractivity contribution in [3.63, 3.8) is 0 Å². The third-order valence-electron chi connectivity index (χ3n) is 2.46. The molecule has 1 aromatic carbocycles. The average Bonchev–Trinajstić information content (AvgIpc) is 2.31. The third kappa shape index (κ3) is 4.52. The molecule has 18 heavy (non-hydrogen) atoms. The van der Waals surface area contributed by atoms with Crippen LogP contribution >= 0.6 is 0 Å². The van der Waals surface area contributed by atoms with Gasteiger partial charge in [0.2, 0.25) is 0 Å². The van der Waals surface area contributed by atoms with Crippen molar-refractivity contribution in [2.45, 2.75) is 13.8 Å². The Labute approximate surface area is 109 Å². The Morgan fingerprint density at radius 3 is 2.78 bits per heavy atom. The SMILES string of the molecule is CC(/C=C/CN(C)C)=Nc1cc(C#N)ccc1C. The fraction of sp³-hybridized carbons (Fsp3) is 0.333. The highest BCUT2D eigenvalue weighted by Crippen LogP contribution is 2.20. The van der Waals surface area contributed by atoms with Crippen molar-refractivity contribution in [1.29, 1.82) is 5.26 Å². The van der Waals surface area contributed by atoms with Gasteiger partial charge in [-0.25, -0.2) is 0 Å². The number of nitrogens with zero attached hydrogens (tertiary/aromatic N) is 3. The fourth-order valence-corrected chi connectivity index (χ4v) is 1.46. The highest BCUT2D eigenvalue weighted by atomic mass is 15.0. The number of aliphatic imine (C=N–C) groups is 1. The highest BCUT2D eigenvalue weighted by Gasteiger charge is 1.98. The molecule has 0 heterocycles. The second-order valence-corrected chi connectivity index (χ2v) is 4.53. The van der Waals surface area contributed by atoms with E-state index >= 15 is 0 Å². The maximum Gasteiger partial charge on any atom is 0.0992 e. The molecule has 0 saturated carbocycles. The number of hydrogen-bond acceptors (Lipinski definition) is 3. The normalized spacial score (nSPS) is 12.1. The topological polar surface area (TPSA) is 39.4 Å². The van der Waals surface area contributed by atoms with Gasteiger partial charge < -0.3 is 4.90 Å². The first-order chi connectivity index (χ1) is 8.52. The largest absolute Gasteiger partial charge is 0.306 e. The van der Waals surface area contributed by atoms with E-state index in [2.05, 4.69) is 22.0 Å². The van der Waals surface area contributed by atoms with E-state index in [4.69, 9.17) is 5.26 Å². The number of rotatable bonds is 4. The van der Waals surface area contributed by atoms with Crippen LogP contribution in [0.5, 0.6) is 0 Å². The van der Waals surface area contributed by atoms with E-state index < -0.39 is 0 Å². The third-order valence-corrected chi connectivity index (χ3v) is 2.46. The van der Waals surface area contributed by atoms with Crippen LogP contribution in [0.2, 0.25) is 0 Å². The van der Waals surface area contributed by atoms with Crippen LogP contribution in [0, 0.1) is 18.3 Å². The summed E-state index contributed by atoms with van der Waals surface area (Å²) in [4.78, 5) is 6.61. The molecule has 94 valence electrons. The van der Waals surface area contributed by atoms with Gasteiger partial charge in [-0.3, -0.25) is 4.99 Å². The van der Waals surface area contributed by atoms with Crippen molar-refractivity contribution < 1.29 is 0 Å². The summed E-state index contributed by atoms with van der Waals surface area (Å²) in [5.41, 5.74) is 3.52. The second kappa shape index (κ2) is 6.73.